The molecule has 29 heavy (non-hydrogen) atoms. The number of likely N-dealkylation sites (tertiary alicyclic amines) is 1. The minimum atomic E-state index is -0.539. The van der Waals surface area contributed by atoms with Gasteiger partial charge in [0.15, 0.2) is 11.5 Å². The fraction of sp³-hybridized carbons (Fsp3) is 0.565. The number of carbonyl (C=O) groups is 1. The number of carbonyl (C=O) groups excluding carboxylic acids is 1. The van der Waals surface area contributed by atoms with Gasteiger partial charge >= 0.3 is 0 Å². The lowest BCUT2D eigenvalue weighted by molar-refractivity contribution is -0.142. The third kappa shape index (κ3) is 3.61. The zero-order chi connectivity index (χ0) is 19.8. The van der Waals surface area contributed by atoms with Crippen LogP contribution in [-0.4, -0.2) is 46.2 Å². The molecule has 2 fully saturated rings. The molecule has 5 rings (SSSR count). The van der Waals surface area contributed by atoms with Gasteiger partial charge in [-0.2, -0.15) is 0 Å². The summed E-state index contributed by atoms with van der Waals surface area (Å²) < 4.78 is 14.1. The Bertz CT molecular complexity index is 881. The number of amides is 1. The normalized spacial score (nSPS) is 22.4. The highest BCUT2D eigenvalue weighted by atomic mass is 16.6. The van der Waals surface area contributed by atoms with E-state index in [0.717, 1.165) is 32.5 Å². The van der Waals surface area contributed by atoms with E-state index in [-0.39, 0.29) is 12.5 Å². The molecular formula is C23H29N3O3. The lowest BCUT2D eigenvalue weighted by Crippen LogP contribution is -2.49. The summed E-state index contributed by atoms with van der Waals surface area (Å²) in [5.74, 6) is 3.94. The second kappa shape index (κ2) is 7.73. The van der Waals surface area contributed by atoms with Crippen LogP contribution in [0.15, 0.2) is 30.5 Å². The van der Waals surface area contributed by atoms with Gasteiger partial charge in [-0.3, -0.25) is 4.79 Å². The summed E-state index contributed by atoms with van der Waals surface area (Å²) in [6.07, 6.45) is 7.41. The van der Waals surface area contributed by atoms with Crippen LogP contribution in [0.25, 0.3) is 0 Å². The van der Waals surface area contributed by atoms with Crippen molar-refractivity contribution in [3.8, 4) is 11.5 Å². The molecule has 0 N–H and O–H groups in total. The van der Waals surface area contributed by atoms with Crippen LogP contribution in [0, 0.1) is 12.8 Å². The fourth-order valence-electron chi connectivity index (χ4n) is 4.65. The molecule has 1 aliphatic carbocycles. The van der Waals surface area contributed by atoms with Gasteiger partial charge in [-0.15, -0.1) is 0 Å². The summed E-state index contributed by atoms with van der Waals surface area (Å²) >= 11 is 0. The Morgan fingerprint density at radius 1 is 1.14 bits per heavy atom. The Kier molecular flexibility index (Phi) is 4.94. The fourth-order valence-corrected chi connectivity index (χ4v) is 4.65. The summed E-state index contributed by atoms with van der Waals surface area (Å²) in [5, 5.41) is 0. The Labute approximate surface area is 171 Å². The number of aromatic nitrogens is 2. The SMILES string of the molecule is Cc1cnc(C2CCC2)n1CC1CCN(C(=O)C2COc3ccccc3O2)CC1. The molecule has 1 unspecified atom stereocenters. The predicted molar refractivity (Wildman–Crippen MR) is 109 cm³/mol. The summed E-state index contributed by atoms with van der Waals surface area (Å²) in [6.45, 7) is 5.05. The molecule has 6 nitrogen and oxygen atoms in total. The summed E-state index contributed by atoms with van der Waals surface area (Å²) in [5.41, 5.74) is 1.26. The first-order chi connectivity index (χ1) is 14.2. The standard InChI is InChI=1S/C23H29N3O3/c1-16-13-24-22(18-5-4-6-18)26(16)14-17-9-11-25(12-10-17)23(27)21-15-28-19-7-2-3-8-20(19)29-21/h2-3,7-8,13,17-18,21H,4-6,9-12,14-15H2,1H3. The van der Waals surface area contributed by atoms with E-state index in [2.05, 4.69) is 11.5 Å². The molecule has 1 aromatic heterocycles. The number of rotatable bonds is 4. The lowest BCUT2D eigenvalue weighted by Gasteiger charge is -2.36. The molecule has 0 bridgehead atoms. The average Bonchev–Trinajstić information content (AvgIpc) is 3.06. The summed E-state index contributed by atoms with van der Waals surface area (Å²) in [4.78, 5) is 19.6. The van der Waals surface area contributed by atoms with Gasteiger partial charge in [0.25, 0.3) is 5.91 Å². The second-order valence-corrected chi connectivity index (χ2v) is 8.63. The van der Waals surface area contributed by atoms with Gasteiger partial charge in [0, 0.05) is 37.4 Å². The van der Waals surface area contributed by atoms with E-state index >= 15 is 0 Å². The topological polar surface area (TPSA) is 56.6 Å². The zero-order valence-electron chi connectivity index (χ0n) is 17.0. The van der Waals surface area contributed by atoms with Crippen molar-refractivity contribution in [3.05, 3.63) is 42.0 Å². The van der Waals surface area contributed by atoms with E-state index in [1.165, 1.54) is 30.8 Å². The van der Waals surface area contributed by atoms with E-state index in [9.17, 15) is 4.79 Å². The maximum atomic E-state index is 12.9. The minimum absolute atomic E-state index is 0.0481. The first-order valence-corrected chi connectivity index (χ1v) is 10.9. The number of benzene rings is 1. The number of piperidine rings is 1. The van der Waals surface area contributed by atoms with Crippen molar-refractivity contribution in [2.75, 3.05) is 19.7 Å². The Morgan fingerprint density at radius 3 is 2.62 bits per heavy atom. The Balaban J connectivity index is 1.17. The van der Waals surface area contributed by atoms with Gasteiger partial charge in [-0.25, -0.2) is 4.98 Å². The molecule has 3 heterocycles. The van der Waals surface area contributed by atoms with Crippen molar-refractivity contribution < 1.29 is 14.3 Å². The molecular weight excluding hydrogens is 366 g/mol. The Morgan fingerprint density at radius 2 is 1.90 bits per heavy atom. The Hall–Kier alpha value is -2.50. The van der Waals surface area contributed by atoms with Crippen molar-refractivity contribution >= 4 is 5.91 Å². The second-order valence-electron chi connectivity index (χ2n) is 8.63. The van der Waals surface area contributed by atoms with Crippen LogP contribution in [0.1, 0.15) is 49.5 Å². The molecule has 2 aliphatic heterocycles. The smallest absolute Gasteiger partial charge is 0.267 e. The number of fused-ring (bicyclic) bond motifs is 1. The zero-order valence-corrected chi connectivity index (χ0v) is 17.0. The molecule has 1 amide bonds. The van der Waals surface area contributed by atoms with Crippen molar-refractivity contribution in [3.63, 3.8) is 0 Å². The molecule has 154 valence electrons. The summed E-state index contributed by atoms with van der Waals surface area (Å²) in [7, 11) is 0. The van der Waals surface area contributed by atoms with Gasteiger partial charge in [-0.05, 0) is 50.7 Å². The van der Waals surface area contributed by atoms with Crippen LogP contribution >= 0.6 is 0 Å². The van der Waals surface area contributed by atoms with Crippen LogP contribution in [0.5, 0.6) is 11.5 Å². The first kappa shape index (κ1) is 18.5. The van der Waals surface area contributed by atoms with Crippen molar-refractivity contribution in [2.45, 2.75) is 57.6 Å². The number of hydrogen-bond acceptors (Lipinski definition) is 4. The predicted octanol–water partition coefficient (Wildman–Crippen LogP) is 3.54. The number of imidazole rings is 1. The highest BCUT2D eigenvalue weighted by molar-refractivity contribution is 5.82. The summed E-state index contributed by atoms with van der Waals surface area (Å²) in [6, 6.07) is 7.54. The maximum absolute atomic E-state index is 12.9. The van der Waals surface area contributed by atoms with Crippen molar-refractivity contribution in [2.24, 2.45) is 5.92 Å². The lowest BCUT2D eigenvalue weighted by atomic mass is 9.84. The van der Waals surface area contributed by atoms with Gasteiger partial charge < -0.3 is 18.9 Å². The molecule has 2 aromatic rings. The highest BCUT2D eigenvalue weighted by Crippen LogP contribution is 2.37. The van der Waals surface area contributed by atoms with Crippen LogP contribution < -0.4 is 9.47 Å². The van der Waals surface area contributed by atoms with Crippen molar-refractivity contribution in [1.82, 2.24) is 14.5 Å². The molecule has 0 radical (unpaired) electrons. The molecule has 0 spiro atoms. The van der Waals surface area contributed by atoms with E-state index in [1.54, 1.807) is 0 Å². The third-order valence-corrected chi connectivity index (χ3v) is 6.71. The molecule has 1 atom stereocenters. The van der Waals surface area contributed by atoms with Crippen LogP contribution in [0.3, 0.4) is 0 Å². The molecule has 1 aromatic carbocycles. The number of aryl methyl sites for hydroxylation is 1. The molecule has 1 saturated heterocycles. The van der Waals surface area contributed by atoms with Crippen molar-refractivity contribution in [1.29, 1.82) is 0 Å². The van der Waals surface area contributed by atoms with Crippen LogP contribution in [0.4, 0.5) is 0 Å². The first-order valence-electron chi connectivity index (χ1n) is 10.9. The highest BCUT2D eigenvalue weighted by Gasteiger charge is 2.33. The maximum Gasteiger partial charge on any atom is 0.267 e. The minimum Gasteiger partial charge on any atom is -0.485 e. The third-order valence-electron chi connectivity index (χ3n) is 6.71. The largest absolute Gasteiger partial charge is 0.485 e. The molecule has 1 saturated carbocycles. The average molecular weight is 396 g/mol. The molecule has 3 aliphatic rings. The van der Waals surface area contributed by atoms with Crippen LogP contribution in [-0.2, 0) is 11.3 Å². The number of hydrogen-bond donors (Lipinski definition) is 0. The van der Waals surface area contributed by atoms with Crippen LogP contribution in [0.2, 0.25) is 0 Å². The quantitative estimate of drug-likeness (QED) is 0.795. The van der Waals surface area contributed by atoms with E-state index < -0.39 is 6.10 Å². The van der Waals surface area contributed by atoms with Gasteiger partial charge in [-0.1, -0.05) is 18.6 Å². The van der Waals surface area contributed by atoms with Gasteiger partial charge in [0.1, 0.15) is 12.4 Å². The van der Waals surface area contributed by atoms with E-state index in [0.29, 0.717) is 23.3 Å². The number of nitrogens with zero attached hydrogens (tertiary/aromatic N) is 3. The van der Waals surface area contributed by atoms with E-state index in [1.807, 2.05) is 35.4 Å². The van der Waals surface area contributed by atoms with E-state index in [4.69, 9.17) is 14.5 Å². The number of ether oxygens (including phenoxy) is 2. The molecule has 6 heteroatoms. The monoisotopic (exact) mass is 395 g/mol. The number of para-hydroxylation sites is 2. The van der Waals surface area contributed by atoms with Gasteiger partial charge in [0.2, 0.25) is 6.10 Å². The van der Waals surface area contributed by atoms with Gasteiger partial charge in [0.05, 0.1) is 0 Å².